The molecular weight excluding hydrogens is 482 g/mol. The summed E-state index contributed by atoms with van der Waals surface area (Å²) in [5.41, 5.74) is 2.58. The van der Waals surface area contributed by atoms with E-state index in [2.05, 4.69) is 22.8 Å². The van der Waals surface area contributed by atoms with E-state index in [9.17, 15) is 19.2 Å². The predicted octanol–water partition coefficient (Wildman–Crippen LogP) is 3.51. The second kappa shape index (κ2) is 9.16. The van der Waals surface area contributed by atoms with Gasteiger partial charge in [0.15, 0.2) is 0 Å². The minimum atomic E-state index is -0.503. The number of anilines is 2. The van der Waals surface area contributed by atoms with E-state index in [1.165, 1.54) is 9.58 Å². The number of urea groups is 1. The van der Waals surface area contributed by atoms with Crippen LogP contribution in [0.5, 0.6) is 0 Å². The maximum absolute atomic E-state index is 13.2. The Bertz CT molecular complexity index is 1490. The molecule has 1 aliphatic heterocycles. The number of hydrogen-bond donors (Lipinski definition) is 2. The quantitative estimate of drug-likeness (QED) is 0.404. The molecule has 3 aliphatic carbocycles. The summed E-state index contributed by atoms with van der Waals surface area (Å²) in [7, 11) is 1.76. The van der Waals surface area contributed by atoms with E-state index in [1.807, 2.05) is 30.3 Å². The molecule has 4 atom stereocenters. The average molecular weight is 512 g/mol. The number of fused-ring (bicyclic) bond motifs is 1. The second-order valence-electron chi connectivity index (χ2n) is 10.3. The number of carbonyl (C=O) groups excluding carboxylic acids is 3. The molecule has 1 saturated heterocycles. The normalized spacial score (nSPS) is 23.6. The Morgan fingerprint density at radius 2 is 1.47 bits per heavy atom. The zero-order chi connectivity index (χ0) is 26.6. The van der Waals surface area contributed by atoms with Gasteiger partial charge in [-0.1, -0.05) is 42.5 Å². The summed E-state index contributed by atoms with van der Waals surface area (Å²) in [6.45, 7) is 1.99. The van der Waals surface area contributed by atoms with Gasteiger partial charge in [0.1, 0.15) is 5.69 Å². The number of hydrogen-bond acceptors (Lipinski definition) is 4. The first-order valence-corrected chi connectivity index (χ1v) is 12.9. The van der Waals surface area contributed by atoms with Crippen molar-refractivity contribution in [3.63, 3.8) is 0 Å². The Morgan fingerprint density at radius 1 is 0.868 bits per heavy atom. The topological polar surface area (TPSA) is 105 Å². The van der Waals surface area contributed by atoms with Crippen molar-refractivity contribution in [2.45, 2.75) is 26.3 Å². The molecule has 2 fully saturated rings. The van der Waals surface area contributed by atoms with Crippen LogP contribution in [0, 0.1) is 30.6 Å². The number of carbonyl (C=O) groups is 3. The van der Waals surface area contributed by atoms with Crippen molar-refractivity contribution < 1.29 is 14.4 Å². The maximum Gasteiger partial charge on any atom is 0.319 e. The van der Waals surface area contributed by atoms with Crippen molar-refractivity contribution in [2.75, 3.05) is 10.2 Å². The maximum atomic E-state index is 13.2. The molecule has 9 heteroatoms. The first kappa shape index (κ1) is 24.0. The molecule has 0 radical (unpaired) electrons. The van der Waals surface area contributed by atoms with Crippen LogP contribution in [0.3, 0.4) is 0 Å². The van der Waals surface area contributed by atoms with Gasteiger partial charge in [0, 0.05) is 13.6 Å². The zero-order valence-corrected chi connectivity index (χ0v) is 21.3. The first-order valence-electron chi connectivity index (χ1n) is 12.9. The van der Waals surface area contributed by atoms with Gasteiger partial charge in [-0.05, 0) is 61.4 Å². The van der Waals surface area contributed by atoms with Crippen LogP contribution in [0.15, 0.2) is 71.5 Å². The van der Waals surface area contributed by atoms with Crippen molar-refractivity contribution in [2.24, 2.45) is 30.7 Å². The molecule has 7 rings (SSSR count). The molecule has 4 unspecified atom stereocenters. The summed E-state index contributed by atoms with van der Waals surface area (Å²) >= 11 is 0. The number of imide groups is 1. The molecule has 9 nitrogen and oxygen atoms in total. The molecule has 2 heterocycles. The average Bonchev–Trinajstić information content (AvgIpc) is 3.34. The molecule has 2 aromatic carbocycles. The Labute approximate surface area is 219 Å². The second-order valence-corrected chi connectivity index (χ2v) is 10.3. The summed E-state index contributed by atoms with van der Waals surface area (Å²) in [6, 6.07) is 15.8. The minimum Gasteiger partial charge on any atom is -0.334 e. The van der Waals surface area contributed by atoms with Gasteiger partial charge in [0.2, 0.25) is 11.8 Å². The number of amides is 4. The SMILES string of the molecule is Cc1c(NC(=O)NCc2ccc(N3C(=O)C4C5C=CC(CC5)C4C3=O)cc2)c(=O)n(-c2ccccc2)n1C. The largest absolute Gasteiger partial charge is 0.334 e. The summed E-state index contributed by atoms with van der Waals surface area (Å²) in [4.78, 5) is 53.3. The van der Waals surface area contributed by atoms with Crippen LogP contribution in [-0.2, 0) is 23.2 Å². The smallest absolute Gasteiger partial charge is 0.319 e. The number of nitrogens with zero attached hydrogens (tertiary/aromatic N) is 3. The fourth-order valence-corrected chi connectivity index (χ4v) is 6.14. The highest BCUT2D eigenvalue weighted by molar-refractivity contribution is 6.22. The molecule has 1 aromatic heterocycles. The Hall–Kier alpha value is -4.40. The van der Waals surface area contributed by atoms with Crippen molar-refractivity contribution in [3.05, 3.63) is 88.4 Å². The van der Waals surface area contributed by atoms with E-state index in [0.717, 1.165) is 18.4 Å². The first-order chi connectivity index (χ1) is 18.3. The lowest BCUT2D eigenvalue weighted by atomic mass is 9.63. The third kappa shape index (κ3) is 3.77. The summed E-state index contributed by atoms with van der Waals surface area (Å²) in [6.07, 6.45) is 6.14. The van der Waals surface area contributed by atoms with Gasteiger partial charge < -0.3 is 10.6 Å². The van der Waals surface area contributed by atoms with Gasteiger partial charge in [-0.25, -0.2) is 9.48 Å². The third-order valence-electron chi connectivity index (χ3n) is 8.20. The number of nitrogens with one attached hydrogen (secondary N) is 2. The summed E-state index contributed by atoms with van der Waals surface area (Å²) in [5, 5.41) is 5.46. The van der Waals surface area contributed by atoms with Crippen molar-refractivity contribution in [1.29, 1.82) is 0 Å². The molecule has 2 bridgehead atoms. The van der Waals surface area contributed by atoms with Crippen molar-refractivity contribution in [3.8, 4) is 5.69 Å². The number of rotatable bonds is 5. The van der Waals surface area contributed by atoms with Gasteiger partial charge in [-0.2, -0.15) is 0 Å². The molecule has 4 amide bonds. The molecule has 4 aliphatic rings. The molecule has 0 spiro atoms. The van der Waals surface area contributed by atoms with E-state index in [-0.39, 0.29) is 53.3 Å². The molecule has 1 saturated carbocycles. The van der Waals surface area contributed by atoms with Crippen LogP contribution in [0.4, 0.5) is 16.2 Å². The minimum absolute atomic E-state index is 0.108. The van der Waals surface area contributed by atoms with Crippen molar-refractivity contribution in [1.82, 2.24) is 14.7 Å². The van der Waals surface area contributed by atoms with E-state index >= 15 is 0 Å². The van der Waals surface area contributed by atoms with Crippen LogP contribution < -0.4 is 21.1 Å². The number of aromatic nitrogens is 2. The monoisotopic (exact) mass is 511 g/mol. The van der Waals surface area contributed by atoms with Crippen LogP contribution in [0.2, 0.25) is 0 Å². The molecular formula is C29H29N5O4. The third-order valence-corrected chi connectivity index (χ3v) is 8.20. The highest BCUT2D eigenvalue weighted by Crippen LogP contribution is 2.50. The fraction of sp³-hybridized carbons (Fsp3) is 0.310. The van der Waals surface area contributed by atoms with Gasteiger partial charge in [-0.15, -0.1) is 0 Å². The number of para-hydroxylation sites is 1. The summed E-state index contributed by atoms with van der Waals surface area (Å²) < 4.78 is 3.20. The highest BCUT2D eigenvalue weighted by atomic mass is 16.2. The van der Waals surface area contributed by atoms with E-state index in [4.69, 9.17) is 0 Å². The van der Waals surface area contributed by atoms with Gasteiger partial charge in [0.05, 0.1) is 28.9 Å². The van der Waals surface area contributed by atoms with Crippen LogP contribution in [-0.4, -0.2) is 27.2 Å². The fourth-order valence-electron chi connectivity index (χ4n) is 6.14. The van der Waals surface area contributed by atoms with Crippen LogP contribution in [0.25, 0.3) is 5.69 Å². The van der Waals surface area contributed by atoms with Crippen molar-refractivity contribution >= 4 is 29.2 Å². The van der Waals surface area contributed by atoms with Gasteiger partial charge in [0.25, 0.3) is 5.56 Å². The summed E-state index contributed by atoms with van der Waals surface area (Å²) in [5.74, 6) is -0.405. The Kier molecular flexibility index (Phi) is 5.78. The van der Waals surface area contributed by atoms with E-state index in [0.29, 0.717) is 17.1 Å². The number of benzene rings is 2. The number of allylic oxidation sites excluding steroid dienone is 2. The Balaban J connectivity index is 1.11. The molecule has 2 N–H and O–H groups in total. The molecule has 38 heavy (non-hydrogen) atoms. The highest BCUT2D eigenvalue weighted by Gasteiger charge is 2.56. The molecule has 194 valence electrons. The van der Waals surface area contributed by atoms with Crippen LogP contribution in [0.1, 0.15) is 24.1 Å². The van der Waals surface area contributed by atoms with Gasteiger partial charge >= 0.3 is 6.03 Å². The lowest BCUT2D eigenvalue weighted by Crippen LogP contribution is -2.38. The van der Waals surface area contributed by atoms with Crippen LogP contribution >= 0.6 is 0 Å². The van der Waals surface area contributed by atoms with E-state index < -0.39 is 6.03 Å². The molecule has 3 aromatic rings. The Morgan fingerprint density at radius 3 is 2.05 bits per heavy atom. The predicted molar refractivity (Wildman–Crippen MR) is 143 cm³/mol. The lowest BCUT2D eigenvalue weighted by Gasteiger charge is -2.38. The van der Waals surface area contributed by atoms with Gasteiger partial charge in [-0.3, -0.25) is 24.0 Å². The zero-order valence-electron chi connectivity index (χ0n) is 21.3. The standard InChI is InChI=1S/C29H29N5O4/c1-17-25(28(37)34(32(17)2)22-6-4-3-5-7-22)31-29(38)30-16-18-8-14-21(15-9-18)33-26(35)23-19-10-11-20(13-12-19)24(23)27(33)36/h3-11,14-15,19-20,23-24H,12-13,16H2,1-2H3,(H2,30,31,38). The lowest BCUT2D eigenvalue weighted by molar-refractivity contribution is -0.124. The van der Waals surface area contributed by atoms with E-state index in [1.54, 1.807) is 42.9 Å².